The van der Waals surface area contributed by atoms with Crippen LogP contribution in [0.2, 0.25) is 0 Å². The van der Waals surface area contributed by atoms with Crippen LogP contribution in [0, 0.1) is 0 Å². The van der Waals surface area contributed by atoms with Gasteiger partial charge in [0.05, 0.1) is 13.1 Å². The summed E-state index contributed by atoms with van der Waals surface area (Å²) in [7, 11) is 1.87. The predicted octanol–water partition coefficient (Wildman–Crippen LogP) is 0.395. The summed E-state index contributed by atoms with van der Waals surface area (Å²) in [5.74, 6) is 1.79. The van der Waals surface area contributed by atoms with Crippen LogP contribution < -0.4 is 0 Å². The number of carbonyl (C=O) groups is 2. The van der Waals surface area contributed by atoms with Crippen LogP contribution >= 0.6 is 0 Å². The van der Waals surface area contributed by atoms with Gasteiger partial charge in [-0.1, -0.05) is 0 Å². The van der Waals surface area contributed by atoms with Crippen molar-refractivity contribution in [3.05, 3.63) is 35.7 Å². The second kappa shape index (κ2) is 5.77. The van der Waals surface area contributed by atoms with E-state index < -0.39 is 0 Å². The van der Waals surface area contributed by atoms with Gasteiger partial charge in [0.2, 0.25) is 5.91 Å². The zero-order valence-electron chi connectivity index (χ0n) is 13.7. The molecule has 24 heavy (non-hydrogen) atoms. The molecule has 126 valence electrons. The monoisotopic (exact) mass is 328 g/mol. The number of rotatable bonds is 3. The van der Waals surface area contributed by atoms with Crippen LogP contribution in [-0.4, -0.2) is 54.0 Å². The smallest absolute Gasteiger partial charge is 0.270 e. The third kappa shape index (κ3) is 2.47. The van der Waals surface area contributed by atoms with E-state index in [0.717, 1.165) is 24.6 Å². The normalized spacial score (nSPS) is 17.5. The average Bonchev–Trinajstić information content (AvgIpc) is 3.29. The third-order valence-electron chi connectivity index (χ3n) is 4.78. The third-order valence-corrected chi connectivity index (χ3v) is 4.78. The highest BCUT2D eigenvalue weighted by Crippen LogP contribution is 2.18. The Hall–Kier alpha value is -2.64. The number of likely N-dealkylation sites (tertiary alicyclic amines) is 1. The first-order chi connectivity index (χ1) is 11.6. The van der Waals surface area contributed by atoms with Crippen LogP contribution in [0.5, 0.6) is 0 Å². The van der Waals surface area contributed by atoms with Crippen LogP contribution in [0.15, 0.2) is 18.3 Å². The number of fused-ring (bicyclic) bond motifs is 1. The summed E-state index contributed by atoms with van der Waals surface area (Å²) in [6.45, 7) is 3.04. The van der Waals surface area contributed by atoms with Gasteiger partial charge in [0.1, 0.15) is 5.69 Å². The number of nitrogens with zero attached hydrogens (tertiary/aromatic N) is 6. The van der Waals surface area contributed by atoms with Gasteiger partial charge in [-0.3, -0.25) is 9.59 Å². The largest absolute Gasteiger partial charge is 0.347 e. The molecule has 4 heterocycles. The van der Waals surface area contributed by atoms with Crippen molar-refractivity contribution in [3.8, 4) is 0 Å². The Morgan fingerprint density at radius 3 is 2.83 bits per heavy atom. The minimum Gasteiger partial charge on any atom is -0.347 e. The van der Waals surface area contributed by atoms with Crippen molar-refractivity contribution < 1.29 is 9.59 Å². The number of hydrogen-bond donors (Lipinski definition) is 0. The number of hydrogen-bond acceptors (Lipinski definition) is 4. The molecule has 0 unspecified atom stereocenters. The lowest BCUT2D eigenvalue weighted by Gasteiger charge is -2.28. The van der Waals surface area contributed by atoms with Crippen molar-refractivity contribution in [1.29, 1.82) is 0 Å². The van der Waals surface area contributed by atoms with Gasteiger partial charge in [-0.05, 0) is 18.6 Å². The van der Waals surface area contributed by atoms with Crippen LogP contribution in [-0.2, 0) is 31.5 Å². The molecule has 2 aliphatic rings. The molecule has 1 fully saturated rings. The molecule has 2 amide bonds. The molecule has 1 saturated heterocycles. The van der Waals surface area contributed by atoms with E-state index >= 15 is 0 Å². The van der Waals surface area contributed by atoms with E-state index in [1.807, 2.05) is 39.4 Å². The highest BCUT2D eigenvalue weighted by Gasteiger charge is 2.28. The Kier molecular flexibility index (Phi) is 3.59. The number of amides is 2. The standard InChI is InChI=1S/C16H20N6O2/c1-19-6-2-4-12(19)16(24)21-8-9-22-13(17-18-14(22)11-21)10-20-7-3-5-15(20)23/h2,4,6H,3,5,7-11H2,1H3. The summed E-state index contributed by atoms with van der Waals surface area (Å²) in [5, 5.41) is 8.48. The lowest BCUT2D eigenvalue weighted by Crippen LogP contribution is -2.39. The number of aromatic nitrogens is 4. The van der Waals surface area contributed by atoms with E-state index in [4.69, 9.17) is 0 Å². The van der Waals surface area contributed by atoms with Crippen molar-refractivity contribution in [2.45, 2.75) is 32.5 Å². The fourth-order valence-electron chi connectivity index (χ4n) is 3.40. The SMILES string of the molecule is Cn1cccc1C(=O)N1CCn2c(CN3CCCC3=O)nnc2C1. The first-order valence-electron chi connectivity index (χ1n) is 8.23. The molecule has 8 heteroatoms. The van der Waals surface area contributed by atoms with Gasteiger partial charge in [0, 0.05) is 39.3 Å². The van der Waals surface area contributed by atoms with Gasteiger partial charge in [0.25, 0.3) is 5.91 Å². The van der Waals surface area contributed by atoms with Crippen molar-refractivity contribution in [1.82, 2.24) is 29.1 Å². The number of carbonyl (C=O) groups excluding carboxylic acids is 2. The van der Waals surface area contributed by atoms with Gasteiger partial charge in [0.15, 0.2) is 11.6 Å². The van der Waals surface area contributed by atoms with Crippen LogP contribution in [0.4, 0.5) is 0 Å². The maximum atomic E-state index is 12.6. The lowest BCUT2D eigenvalue weighted by atomic mass is 10.3. The van der Waals surface area contributed by atoms with Gasteiger partial charge in [-0.15, -0.1) is 10.2 Å². The Morgan fingerprint density at radius 2 is 2.12 bits per heavy atom. The molecular formula is C16H20N6O2. The summed E-state index contributed by atoms with van der Waals surface area (Å²) < 4.78 is 3.87. The Balaban J connectivity index is 1.49. The summed E-state index contributed by atoms with van der Waals surface area (Å²) in [6, 6.07) is 3.69. The topological polar surface area (TPSA) is 76.3 Å². The lowest BCUT2D eigenvalue weighted by molar-refractivity contribution is -0.128. The fraction of sp³-hybridized carbons (Fsp3) is 0.500. The zero-order valence-corrected chi connectivity index (χ0v) is 13.7. The molecular weight excluding hydrogens is 308 g/mol. The molecule has 0 aliphatic carbocycles. The van der Waals surface area contributed by atoms with E-state index in [1.165, 1.54) is 0 Å². The molecule has 2 aliphatic heterocycles. The Bertz CT molecular complexity index is 792. The maximum Gasteiger partial charge on any atom is 0.270 e. The molecule has 0 atom stereocenters. The molecule has 0 saturated carbocycles. The minimum atomic E-state index is 0.00743. The zero-order chi connectivity index (χ0) is 16.7. The van der Waals surface area contributed by atoms with E-state index in [9.17, 15) is 9.59 Å². The molecule has 0 bridgehead atoms. The van der Waals surface area contributed by atoms with Crippen LogP contribution in [0.1, 0.15) is 35.0 Å². The van der Waals surface area contributed by atoms with E-state index in [1.54, 1.807) is 4.90 Å². The first-order valence-corrected chi connectivity index (χ1v) is 8.23. The van der Waals surface area contributed by atoms with Crippen LogP contribution in [0.3, 0.4) is 0 Å². The van der Waals surface area contributed by atoms with Crippen molar-refractivity contribution in [2.24, 2.45) is 7.05 Å². The van der Waals surface area contributed by atoms with Gasteiger partial charge < -0.3 is 18.9 Å². The first kappa shape index (κ1) is 14.9. The average molecular weight is 328 g/mol. The van der Waals surface area contributed by atoms with Gasteiger partial charge in [-0.25, -0.2) is 0 Å². The summed E-state index contributed by atoms with van der Waals surface area (Å²) in [4.78, 5) is 28.0. The quantitative estimate of drug-likeness (QED) is 0.817. The van der Waals surface area contributed by atoms with Crippen LogP contribution in [0.25, 0.3) is 0 Å². The summed E-state index contributed by atoms with van der Waals surface area (Å²) in [5.41, 5.74) is 0.672. The minimum absolute atomic E-state index is 0.00743. The second-order valence-electron chi connectivity index (χ2n) is 6.33. The molecule has 0 spiro atoms. The Labute approximate surface area is 139 Å². The summed E-state index contributed by atoms with van der Waals surface area (Å²) >= 11 is 0. The van der Waals surface area contributed by atoms with Gasteiger partial charge in [-0.2, -0.15) is 0 Å². The van der Waals surface area contributed by atoms with E-state index in [-0.39, 0.29) is 11.8 Å². The molecule has 0 N–H and O–H groups in total. The molecule has 2 aromatic rings. The maximum absolute atomic E-state index is 12.6. The second-order valence-corrected chi connectivity index (χ2v) is 6.33. The van der Waals surface area contributed by atoms with Crippen molar-refractivity contribution >= 4 is 11.8 Å². The van der Waals surface area contributed by atoms with E-state index in [2.05, 4.69) is 10.2 Å². The number of aryl methyl sites for hydroxylation is 1. The predicted molar refractivity (Wildman–Crippen MR) is 84.8 cm³/mol. The molecule has 2 aromatic heterocycles. The van der Waals surface area contributed by atoms with Crippen molar-refractivity contribution in [3.63, 3.8) is 0 Å². The molecule has 0 aromatic carbocycles. The Morgan fingerprint density at radius 1 is 1.25 bits per heavy atom. The molecule has 0 radical (unpaired) electrons. The summed E-state index contributed by atoms with van der Waals surface area (Å²) in [6.07, 6.45) is 3.41. The van der Waals surface area contributed by atoms with Gasteiger partial charge >= 0.3 is 0 Å². The molecule has 4 rings (SSSR count). The van der Waals surface area contributed by atoms with E-state index in [0.29, 0.717) is 38.3 Å². The van der Waals surface area contributed by atoms with Crippen molar-refractivity contribution in [2.75, 3.05) is 13.1 Å². The fourth-order valence-corrected chi connectivity index (χ4v) is 3.40. The molecule has 8 nitrogen and oxygen atoms in total. The highest BCUT2D eigenvalue weighted by molar-refractivity contribution is 5.92. The highest BCUT2D eigenvalue weighted by atomic mass is 16.2.